The molecule has 7 aromatic rings. The number of hydrogen-bond acceptors (Lipinski definition) is 4. The maximum atomic E-state index is 13.8. The Morgan fingerprint density at radius 1 is 0.372 bits per heavy atom. The number of amides is 4. The zero-order valence-corrected chi connectivity index (χ0v) is 22.8. The fraction of sp³-hybridized carbons (Fsp3) is 0.0270. The first-order valence-electron chi connectivity index (χ1n) is 14.0. The summed E-state index contributed by atoms with van der Waals surface area (Å²) in [6.45, 7) is 1.96. The lowest BCUT2D eigenvalue weighted by molar-refractivity contribution is 0.0877. The summed E-state index contributed by atoms with van der Waals surface area (Å²) in [6, 6.07) is 31.1. The predicted molar refractivity (Wildman–Crippen MR) is 168 cm³/mol. The van der Waals surface area contributed by atoms with E-state index >= 15 is 0 Å². The molecule has 0 saturated carbocycles. The number of aryl methyl sites for hydroxylation is 1. The maximum Gasteiger partial charge on any atom is 0.265 e. The normalized spacial score (nSPS) is 14.7. The molecule has 202 valence electrons. The predicted octanol–water partition coefficient (Wildman–Crippen LogP) is 7.65. The van der Waals surface area contributed by atoms with Crippen LogP contribution in [0.25, 0.3) is 43.1 Å². The number of para-hydroxylation sites is 1. The lowest BCUT2D eigenvalue weighted by Gasteiger charge is -2.30. The van der Waals surface area contributed by atoms with Crippen molar-refractivity contribution in [1.29, 1.82) is 0 Å². The van der Waals surface area contributed by atoms with Crippen LogP contribution >= 0.6 is 0 Å². The van der Waals surface area contributed by atoms with Crippen molar-refractivity contribution in [2.75, 3.05) is 9.80 Å². The zero-order chi connectivity index (χ0) is 29.1. The third-order valence-electron chi connectivity index (χ3n) is 8.94. The average Bonchev–Trinajstić information content (AvgIpc) is 3.03. The standard InChI is InChI=1S/C37H20N2O4/c1-19-7-9-21(10-8-19)39-36(42)28-17-13-24-22-11-15-26-32-27(35(41)38(34(26)40)20-5-3-2-4-6-20)16-12-23(30(22)32)25-14-18-29(37(39)43)33(28)31(24)25/h2-18H,1H3. The highest BCUT2D eigenvalue weighted by Crippen LogP contribution is 2.46. The van der Waals surface area contributed by atoms with Gasteiger partial charge in [-0.2, -0.15) is 0 Å². The molecule has 0 atom stereocenters. The first-order chi connectivity index (χ1) is 20.9. The summed E-state index contributed by atoms with van der Waals surface area (Å²) in [5.41, 5.74) is 3.95. The van der Waals surface area contributed by atoms with Crippen LogP contribution in [0.5, 0.6) is 0 Å². The van der Waals surface area contributed by atoms with Gasteiger partial charge in [-0.15, -0.1) is 0 Å². The van der Waals surface area contributed by atoms with Gasteiger partial charge in [-0.05, 0) is 87.8 Å². The molecule has 0 spiro atoms. The minimum atomic E-state index is -0.365. The second kappa shape index (κ2) is 8.11. The number of fused-ring (bicyclic) bond motifs is 2. The molecular weight excluding hydrogens is 536 g/mol. The van der Waals surface area contributed by atoms with Crippen LogP contribution in [0.3, 0.4) is 0 Å². The number of anilines is 2. The molecule has 0 fully saturated rings. The lowest BCUT2D eigenvalue weighted by atomic mass is 9.82. The Hall–Kier alpha value is -5.88. The third-order valence-corrected chi connectivity index (χ3v) is 8.94. The van der Waals surface area contributed by atoms with E-state index in [1.165, 1.54) is 9.80 Å². The van der Waals surface area contributed by atoms with E-state index in [4.69, 9.17) is 0 Å². The Labute approximate surface area is 244 Å². The SMILES string of the molecule is Cc1ccc(N2C(=O)c3ccc4c5ccc6c7c(ccc(c8ccc(c3c48)C2=O)c75)C(=O)N(c2ccccc2)C6=O)cc1. The van der Waals surface area contributed by atoms with Gasteiger partial charge < -0.3 is 0 Å². The number of imide groups is 2. The molecular formula is C37H20N2O4. The third kappa shape index (κ3) is 2.91. The first-order valence-corrected chi connectivity index (χ1v) is 14.0. The van der Waals surface area contributed by atoms with E-state index in [0.717, 1.165) is 37.9 Å². The zero-order valence-electron chi connectivity index (χ0n) is 22.8. The molecule has 0 aliphatic carbocycles. The highest BCUT2D eigenvalue weighted by Gasteiger charge is 2.37. The molecule has 0 unspecified atom stereocenters. The number of nitrogens with zero attached hydrogens (tertiary/aromatic N) is 2. The van der Waals surface area contributed by atoms with Gasteiger partial charge in [-0.3, -0.25) is 19.2 Å². The molecule has 4 amide bonds. The minimum absolute atomic E-state index is 0.363. The molecule has 0 saturated heterocycles. The summed E-state index contributed by atoms with van der Waals surface area (Å²) in [5.74, 6) is -1.46. The van der Waals surface area contributed by atoms with E-state index in [9.17, 15) is 19.2 Å². The van der Waals surface area contributed by atoms with Crippen molar-refractivity contribution in [3.8, 4) is 0 Å². The summed E-state index contributed by atoms with van der Waals surface area (Å²) in [4.78, 5) is 57.7. The highest BCUT2D eigenvalue weighted by molar-refractivity contribution is 6.45. The average molecular weight is 557 g/mol. The molecule has 2 aliphatic rings. The fourth-order valence-corrected chi connectivity index (χ4v) is 7.01. The van der Waals surface area contributed by atoms with Gasteiger partial charge in [0, 0.05) is 33.0 Å². The van der Waals surface area contributed by atoms with Crippen LogP contribution in [0.1, 0.15) is 47.0 Å². The van der Waals surface area contributed by atoms with Crippen molar-refractivity contribution < 1.29 is 19.2 Å². The summed E-state index contributed by atoms with van der Waals surface area (Å²) in [5, 5.41) is 6.37. The van der Waals surface area contributed by atoms with E-state index in [2.05, 4.69) is 0 Å². The first kappa shape index (κ1) is 23.8. The van der Waals surface area contributed by atoms with Crippen LogP contribution in [0.2, 0.25) is 0 Å². The van der Waals surface area contributed by atoms with E-state index in [0.29, 0.717) is 44.4 Å². The van der Waals surface area contributed by atoms with Crippen LogP contribution in [0.15, 0.2) is 103 Å². The monoisotopic (exact) mass is 556 g/mol. The van der Waals surface area contributed by atoms with Crippen molar-refractivity contribution >= 4 is 78.1 Å². The van der Waals surface area contributed by atoms with Crippen LogP contribution in [0, 0.1) is 6.92 Å². The summed E-state index contributed by atoms with van der Waals surface area (Å²) in [7, 11) is 0. The van der Waals surface area contributed by atoms with Gasteiger partial charge in [0.05, 0.1) is 11.4 Å². The quantitative estimate of drug-likeness (QED) is 0.125. The number of carbonyl (C=O) groups is 4. The second-order valence-electron chi connectivity index (χ2n) is 11.2. The number of carbonyl (C=O) groups excluding carboxylic acids is 4. The van der Waals surface area contributed by atoms with Crippen molar-refractivity contribution in [3.63, 3.8) is 0 Å². The van der Waals surface area contributed by atoms with Crippen LogP contribution in [-0.2, 0) is 0 Å². The number of hydrogen-bond donors (Lipinski definition) is 0. The molecule has 9 rings (SSSR count). The molecule has 7 aromatic carbocycles. The van der Waals surface area contributed by atoms with Crippen LogP contribution in [-0.4, -0.2) is 23.6 Å². The second-order valence-corrected chi connectivity index (χ2v) is 11.2. The van der Waals surface area contributed by atoms with E-state index in [-0.39, 0.29) is 23.6 Å². The Balaban J connectivity index is 1.33. The van der Waals surface area contributed by atoms with Gasteiger partial charge >= 0.3 is 0 Å². The lowest BCUT2D eigenvalue weighted by Crippen LogP contribution is -2.40. The molecule has 2 aliphatic heterocycles. The van der Waals surface area contributed by atoms with Gasteiger partial charge in [-0.25, -0.2) is 9.80 Å². The fourth-order valence-electron chi connectivity index (χ4n) is 7.01. The molecule has 0 aromatic heterocycles. The Morgan fingerprint density at radius 3 is 1.09 bits per heavy atom. The Kier molecular flexibility index (Phi) is 4.49. The molecule has 0 bridgehead atoms. The molecule has 2 heterocycles. The molecule has 0 N–H and O–H groups in total. The van der Waals surface area contributed by atoms with Crippen molar-refractivity contribution in [2.45, 2.75) is 6.92 Å². The Morgan fingerprint density at radius 2 is 0.721 bits per heavy atom. The van der Waals surface area contributed by atoms with Gasteiger partial charge in [0.1, 0.15) is 0 Å². The molecule has 0 radical (unpaired) electrons. The summed E-state index contributed by atoms with van der Waals surface area (Å²) < 4.78 is 0. The van der Waals surface area contributed by atoms with Crippen molar-refractivity contribution in [1.82, 2.24) is 0 Å². The Bertz CT molecular complexity index is 2310. The van der Waals surface area contributed by atoms with Crippen molar-refractivity contribution in [3.05, 3.63) is 131 Å². The van der Waals surface area contributed by atoms with E-state index in [1.54, 1.807) is 60.7 Å². The molecule has 6 heteroatoms. The van der Waals surface area contributed by atoms with Crippen LogP contribution < -0.4 is 9.80 Å². The van der Waals surface area contributed by atoms with E-state index in [1.807, 2.05) is 49.4 Å². The van der Waals surface area contributed by atoms with Crippen molar-refractivity contribution in [2.24, 2.45) is 0 Å². The van der Waals surface area contributed by atoms with Gasteiger partial charge in [-0.1, -0.05) is 60.2 Å². The van der Waals surface area contributed by atoms with E-state index < -0.39 is 0 Å². The topological polar surface area (TPSA) is 74.8 Å². The van der Waals surface area contributed by atoms with Crippen LogP contribution in [0.4, 0.5) is 11.4 Å². The number of rotatable bonds is 2. The van der Waals surface area contributed by atoms with Gasteiger partial charge in [0.2, 0.25) is 0 Å². The summed E-state index contributed by atoms with van der Waals surface area (Å²) >= 11 is 0. The smallest absolute Gasteiger partial charge is 0.265 e. The van der Waals surface area contributed by atoms with Gasteiger partial charge in [0.15, 0.2) is 0 Å². The highest BCUT2D eigenvalue weighted by atomic mass is 16.2. The number of benzene rings is 7. The molecule has 43 heavy (non-hydrogen) atoms. The summed E-state index contributed by atoms with van der Waals surface area (Å²) in [6.07, 6.45) is 0. The molecule has 6 nitrogen and oxygen atoms in total. The van der Waals surface area contributed by atoms with Gasteiger partial charge in [0.25, 0.3) is 23.6 Å². The minimum Gasteiger partial charge on any atom is -0.268 e. The largest absolute Gasteiger partial charge is 0.268 e. The maximum absolute atomic E-state index is 13.8.